The molecule has 6 aromatic carbocycles. The predicted molar refractivity (Wildman–Crippen MR) is 304 cm³/mol. The molecule has 2 atom stereocenters. The van der Waals surface area contributed by atoms with Gasteiger partial charge in [0.1, 0.15) is 0 Å². The fourth-order valence-electron chi connectivity index (χ4n) is 11.7. The van der Waals surface area contributed by atoms with Crippen LogP contribution in [-0.2, 0) is 28.2 Å². The second-order valence-electron chi connectivity index (χ2n) is 23.1. The molecule has 0 aliphatic heterocycles. The molecule has 10 rings (SSSR count). The van der Waals surface area contributed by atoms with Crippen LogP contribution in [0, 0.1) is 27.7 Å². The van der Waals surface area contributed by atoms with Crippen LogP contribution in [0.15, 0.2) is 154 Å². The van der Waals surface area contributed by atoms with E-state index < -0.39 is 17.4 Å². The van der Waals surface area contributed by atoms with Gasteiger partial charge in [0, 0.05) is 0 Å². The molecule has 2 heterocycles. The largest absolute Gasteiger partial charge is 0.147 e. The van der Waals surface area contributed by atoms with Gasteiger partial charge in [-0.3, -0.25) is 0 Å². The van der Waals surface area contributed by atoms with Gasteiger partial charge in [-0.05, 0) is 0 Å². The van der Waals surface area contributed by atoms with Gasteiger partial charge in [-0.15, -0.1) is 24.8 Å². The van der Waals surface area contributed by atoms with Crippen molar-refractivity contribution in [2.45, 2.75) is 96.6 Å². The summed E-state index contributed by atoms with van der Waals surface area (Å²) in [7, 11) is 0. The summed E-state index contributed by atoms with van der Waals surface area (Å²) in [5, 5.41) is 0. The van der Waals surface area contributed by atoms with E-state index in [4.69, 9.17) is 8.83 Å². The number of fused-ring (bicyclic) bond motifs is 2. The fourth-order valence-corrected chi connectivity index (χ4v) is 30.0. The molecule has 2 aliphatic rings. The van der Waals surface area contributed by atoms with Crippen molar-refractivity contribution in [3.05, 3.63) is 213 Å². The van der Waals surface area contributed by atoms with E-state index in [1.54, 1.807) is 0 Å². The van der Waals surface area contributed by atoms with E-state index in [2.05, 4.69) is 243 Å². The van der Waals surface area contributed by atoms with E-state index in [0.29, 0.717) is 0 Å². The first-order chi connectivity index (χ1) is 32.2. The number of allylic oxidation sites excluding steroid dienone is 2. The molecule has 8 aromatic rings. The van der Waals surface area contributed by atoms with Gasteiger partial charge in [0.2, 0.25) is 0 Å². The van der Waals surface area contributed by atoms with Crippen LogP contribution < -0.4 is 0 Å². The van der Waals surface area contributed by atoms with Crippen molar-refractivity contribution in [1.29, 1.82) is 0 Å². The molecule has 358 valence electrons. The van der Waals surface area contributed by atoms with Gasteiger partial charge in [0.05, 0.1) is 0 Å². The standard InChI is InChI=1S/2C31H29O.2CH3.2ClH.H2Si.Zr/c2*1-20-17-24-18-25(29-16-15-28(32-29)22-9-7-6-8-10-22)19-27(24)30(21(20)2)23-11-13-26(14-12-23)31(3,4)5;;;;;;/h2*6-19H,1-5H3;2*1H3;2*1H;1H2;. The summed E-state index contributed by atoms with van der Waals surface area (Å²) in [6.45, 7) is 25.4. The van der Waals surface area contributed by atoms with Crippen LogP contribution in [0.3, 0.4) is 0 Å². The molecule has 0 spiro atoms. The smallest absolute Gasteiger partial charge is 0.147 e. The first-order valence-corrected chi connectivity index (χ1v) is 38.2. The number of hydrogen-bond donors (Lipinski definition) is 0. The Morgan fingerprint density at radius 3 is 1.09 bits per heavy atom. The molecule has 0 radical (unpaired) electrons. The molecule has 2 nitrogen and oxygen atoms in total. The van der Waals surface area contributed by atoms with Gasteiger partial charge in [-0.2, -0.15) is 0 Å². The van der Waals surface area contributed by atoms with Crippen LogP contribution in [0.4, 0.5) is 0 Å². The van der Waals surface area contributed by atoms with E-state index in [1.165, 1.54) is 89.0 Å². The van der Waals surface area contributed by atoms with E-state index in [-0.39, 0.29) is 42.9 Å². The number of aryl methyl sites for hydroxylation is 2. The summed E-state index contributed by atoms with van der Waals surface area (Å²) in [6, 6.07) is 53.8. The molecule has 0 fully saturated rings. The zero-order valence-electron chi connectivity index (χ0n) is 43.0. The van der Waals surface area contributed by atoms with Crippen LogP contribution in [-0.4, -0.2) is 6.88 Å². The molecular formula is C64H68Cl2O2SiZr. The summed E-state index contributed by atoms with van der Waals surface area (Å²) in [6.07, 6.45) is 5.06. The number of benzene rings is 6. The summed E-state index contributed by atoms with van der Waals surface area (Å²) in [5.74, 6) is 3.70. The average molecular weight is 1060 g/mol. The quantitative estimate of drug-likeness (QED) is 0.142. The van der Waals surface area contributed by atoms with Crippen molar-refractivity contribution in [2.24, 2.45) is 0 Å². The Labute approximate surface area is 432 Å². The van der Waals surface area contributed by atoms with Gasteiger partial charge in [0.15, 0.2) is 0 Å². The molecule has 0 N–H and O–H groups in total. The summed E-state index contributed by atoms with van der Waals surface area (Å²) in [5.41, 5.74) is 23.6. The third-order valence-electron chi connectivity index (χ3n) is 15.6. The molecule has 2 unspecified atom stereocenters. The van der Waals surface area contributed by atoms with Gasteiger partial charge in [-0.25, -0.2) is 0 Å². The molecule has 6 heteroatoms. The summed E-state index contributed by atoms with van der Waals surface area (Å²) >= 11 is -4.48. The van der Waals surface area contributed by atoms with Gasteiger partial charge in [-0.1, -0.05) is 0 Å². The molecule has 0 bridgehead atoms. The summed E-state index contributed by atoms with van der Waals surface area (Å²) < 4.78 is 19.9. The van der Waals surface area contributed by atoms with Crippen molar-refractivity contribution < 1.29 is 26.2 Å². The van der Waals surface area contributed by atoms with Crippen LogP contribution in [0.5, 0.6) is 0 Å². The van der Waals surface area contributed by atoms with Crippen LogP contribution in [0.1, 0.15) is 116 Å². The number of furan rings is 2. The topological polar surface area (TPSA) is 26.3 Å². The zero-order chi connectivity index (χ0) is 48.1. The zero-order valence-corrected chi connectivity index (χ0v) is 48.5. The molecule has 0 saturated heterocycles. The van der Waals surface area contributed by atoms with E-state index in [0.717, 1.165) is 34.2 Å². The second-order valence-corrected chi connectivity index (χ2v) is 53.6. The molecule has 2 aromatic heterocycles. The van der Waals surface area contributed by atoms with E-state index in [1.807, 2.05) is 0 Å². The maximum Gasteiger partial charge on any atom is -0.147 e. The number of halogens is 2. The number of hydrogen-bond acceptors (Lipinski definition) is 2. The van der Waals surface area contributed by atoms with Gasteiger partial charge < -0.3 is 0 Å². The maximum atomic E-state index is 7.09. The second kappa shape index (κ2) is 18.6. The van der Waals surface area contributed by atoms with Crippen molar-refractivity contribution in [3.8, 4) is 44.9 Å². The Morgan fingerprint density at radius 1 is 0.429 bits per heavy atom. The molecule has 0 amide bonds. The van der Waals surface area contributed by atoms with Gasteiger partial charge in [0.25, 0.3) is 0 Å². The minimum Gasteiger partial charge on any atom is -0.147 e. The van der Waals surface area contributed by atoms with E-state index in [9.17, 15) is 0 Å². The van der Waals surface area contributed by atoms with Crippen LogP contribution >= 0.6 is 24.8 Å². The first-order valence-electron chi connectivity index (χ1n) is 24.5. The van der Waals surface area contributed by atoms with Crippen LogP contribution in [0.2, 0.25) is 9.26 Å². The first kappa shape index (κ1) is 51.4. The normalized spacial score (nSPS) is 15.7. The average Bonchev–Trinajstić information content (AvgIpc) is 4.13. The Morgan fingerprint density at radius 2 is 0.757 bits per heavy atom. The van der Waals surface area contributed by atoms with Crippen molar-refractivity contribution in [2.75, 3.05) is 0 Å². The number of rotatable bonds is 8. The van der Waals surface area contributed by atoms with Crippen molar-refractivity contribution in [3.63, 3.8) is 0 Å². The van der Waals surface area contributed by atoms with Crippen LogP contribution in [0.25, 0.3) is 68.2 Å². The predicted octanol–water partition coefficient (Wildman–Crippen LogP) is 18.4. The Balaban J connectivity index is 0.00000329. The minimum atomic E-state index is -4.48. The Bertz CT molecular complexity index is 3180. The molecule has 70 heavy (non-hydrogen) atoms. The third kappa shape index (κ3) is 8.91. The maximum absolute atomic E-state index is 7.09. The SMILES string of the molecule is Cc1cc2c(c(-c3ccc(C(C)(C)C)cc3)c1C)C=C(c1ccc(-c3ccccc3)o1)[CH]2[Zr]([CH3])([CH3])(=[SiH2])[CH]1C(c2ccc(-c3ccccc3)o2)=Cc2c1cc(C)c(C)c2-c1ccc(C(C)(C)C)cc1.Cl.Cl. The fraction of sp³-hybridized carbons (Fsp3) is 0.250. The van der Waals surface area contributed by atoms with E-state index >= 15 is 0 Å². The summed E-state index contributed by atoms with van der Waals surface area (Å²) in [4.78, 5) is 0. The molecule has 0 saturated carbocycles. The molecular weight excluding hydrogens is 991 g/mol. The van der Waals surface area contributed by atoms with Crippen molar-refractivity contribution in [1.82, 2.24) is 0 Å². The Kier molecular flexibility index (Phi) is 13.6. The Hall–Kier alpha value is -4.96. The third-order valence-corrected chi connectivity index (χ3v) is 32.8. The molecule has 2 aliphatic carbocycles. The monoisotopic (exact) mass is 1060 g/mol. The van der Waals surface area contributed by atoms with Gasteiger partial charge >= 0.3 is 411 Å². The minimum absolute atomic E-state index is 0. The van der Waals surface area contributed by atoms with Crippen molar-refractivity contribution >= 4 is 55.0 Å².